The minimum Gasteiger partial charge on any atom is -0.508 e. The molecule has 2 aromatic carbocycles. The molecule has 4 aliphatic heterocycles. The number of amides is 3. The number of fused-ring (bicyclic) bond motifs is 9. The van der Waals surface area contributed by atoms with Gasteiger partial charge in [0.2, 0.25) is 17.7 Å². The zero-order valence-electron chi connectivity index (χ0n) is 27.7. The molecule has 0 radical (unpaired) electrons. The molecule has 0 aliphatic carbocycles. The first-order chi connectivity index (χ1) is 23.8. The first kappa shape index (κ1) is 32.9. The Hall–Kier alpha value is -4.62. The van der Waals surface area contributed by atoms with Crippen LogP contribution in [0.4, 0.5) is 0 Å². The van der Waals surface area contributed by atoms with Crippen LogP contribution in [-0.4, -0.2) is 102 Å². The number of piperidine rings is 2. The molecule has 1 atom stereocenters. The van der Waals surface area contributed by atoms with Crippen LogP contribution in [0.25, 0.3) is 5.69 Å². The summed E-state index contributed by atoms with van der Waals surface area (Å²) in [6.07, 6.45) is 5.10. The van der Waals surface area contributed by atoms with Gasteiger partial charge in [0.05, 0.1) is 41.2 Å². The first-order valence-corrected chi connectivity index (χ1v) is 17.9. The second-order valence-corrected chi connectivity index (χ2v) is 14.6. The molecular formula is C36H42N8O4S. The number of phenols is 1. The number of hydrogen-bond acceptors (Lipinski definition) is 9. The van der Waals surface area contributed by atoms with Crippen LogP contribution in [-0.2, 0) is 33.8 Å². The summed E-state index contributed by atoms with van der Waals surface area (Å²) in [6, 6.07) is 16.0. The summed E-state index contributed by atoms with van der Waals surface area (Å²) in [4.78, 5) is 53.9. The van der Waals surface area contributed by atoms with Gasteiger partial charge in [-0.25, -0.2) is 9.67 Å². The van der Waals surface area contributed by atoms with Crippen LogP contribution < -0.4 is 5.32 Å². The van der Waals surface area contributed by atoms with E-state index in [0.29, 0.717) is 24.5 Å². The second kappa shape index (κ2) is 14.5. The molecule has 8 rings (SSSR count). The Morgan fingerprint density at radius 2 is 1.67 bits per heavy atom. The van der Waals surface area contributed by atoms with Gasteiger partial charge in [-0.2, -0.15) is 0 Å². The van der Waals surface area contributed by atoms with Crippen molar-refractivity contribution in [2.24, 2.45) is 0 Å². The lowest BCUT2D eigenvalue weighted by atomic mass is 9.96. The Morgan fingerprint density at radius 3 is 2.41 bits per heavy atom. The molecule has 4 aliphatic rings. The van der Waals surface area contributed by atoms with Gasteiger partial charge in [0, 0.05) is 56.0 Å². The predicted octanol–water partition coefficient (Wildman–Crippen LogP) is 3.22. The van der Waals surface area contributed by atoms with Crippen LogP contribution >= 0.6 is 11.3 Å². The molecule has 0 saturated carbocycles. The zero-order chi connectivity index (χ0) is 33.9. The molecule has 0 spiro atoms. The number of aromatic nitrogens is 4. The third-order valence-corrected chi connectivity index (χ3v) is 11.1. The molecule has 6 heterocycles. The Labute approximate surface area is 289 Å². The van der Waals surface area contributed by atoms with E-state index >= 15 is 0 Å². The highest BCUT2D eigenvalue weighted by Gasteiger charge is 2.35. The van der Waals surface area contributed by atoms with E-state index in [-0.39, 0.29) is 54.8 Å². The minimum atomic E-state index is -0.864. The number of thiazole rings is 1. The van der Waals surface area contributed by atoms with Crippen molar-refractivity contribution in [3.63, 3.8) is 0 Å². The Kier molecular flexibility index (Phi) is 9.72. The molecule has 49 heavy (non-hydrogen) atoms. The monoisotopic (exact) mass is 682 g/mol. The highest BCUT2D eigenvalue weighted by atomic mass is 32.1. The van der Waals surface area contributed by atoms with E-state index < -0.39 is 6.04 Å². The van der Waals surface area contributed by atoms with Crippen molar-refractivity contribution in [1.29, 1.82) is 0 Å². The van der Waals surface area contributed by atoms with Gasteiger partial charge in [0.25, 0.3) is 0 Å². The average molecular weight is 683 g/mol. The lowest BCUT2D eigenvalue weighted by Crippen LogP contribution is -2.55. The van der Waals surface area contributed by atoms with E-state index in [4.69, 9.17) is 4.98 Å². The van der Waals surface area contributed by atoms with Crippen molar-refractivity contribution in [1.82, 2.24) is 40.0 Å². The van der Waals surface area contributed by atoms with Crippen molar-refractivity contribution in [2.45, 2.75) is 70.0 Å². The fraction of sp³-hybridized carbons (Fsp3) is 0.444. The van der Waals surface area contributed by atoms with Crippen LogP contribution in [0.15, 0.2) is 60.8 Å². The van der Waals surface area contributed by atoms with Crippen LogP contribution in [0, 0.1) is 6.92 Å². The van der Waals surface area contributed by atoms with Gasteiger partial charge in [0.15, 0.2) is 0 Å². The van der Waals surface area contributed by atoms with Crippen molar-refractivity contribution < 1.29 is 19.5 Å². The Morgan fingerprint density at radius 1 is 0.939 bits per heavy atom. The van der Waals surface area contributed by atoms with Gasteiger partial charge in [-0.05, 0) is 62.4 Å². The standard InChI is InChI=1S/C36H42N8O4S/c1-24-31-20-34(47)43(28-13-15-41(16-14-28)21-25-5-3-2-4-6-25)23-33(46)37-32(36(48)42-17-11-26(12-18-42)35(38-31)49-24)19-27-22-44(40-39-27)29-7-9-30(45)10-8-29/h2-10,22,26,28,32,45H,11-21,23H2,1H3,(H,37,46)/t32-/m1/s1. The average Bonchev–Trinajstić information content (AvgIpc) is 3.73. The summed E-state index contributed by atoms with van der Waals surface area (Å²) in [5.41, 5.74) is 3.30. The Bertz CT molecular complexity index is 1780. The lowest BCUT2D eigenvalue weighted by Gasteiger charge is -2.38. The highest BCUT2D eigenvalue weighted by Crippen LogP contribution is 2.33. The highest BCUT2D eigenvalue weighted by molar-refractivity contribution is 7.11. The summed E-state index contributed by atoms with van der Waals surface area (Å²) in [6.45, 7) is 5.51. The number of nitrogens with one attached hydrogen (secondary N) is 1. The molecule has 4 bridgehead atoms. The number of nitrogens with zero attached hydrogens (tertiary/aromatic N) is 7. The van der Waals surface area contributed by atoms with Gasteiger partial charge in [0.1, 0.15) is 11.8 Å². The maximum Gasteiger partial charge on any atom is 0.245 e. The largest absolute Gasteiger partial charge is 0.508 e. The smallest absolute Gasteiger partial charge is 0.245 e. The van der Waals surface area contributed by atoms with E-state index in [1.807, 2.05) is 30.0 Å². The molecule has 12 nitrogen and oxygen atoms in total. The third kappa shape index (κ3) is 7.67. The van der Waals surface area contributed by atoms with E-state index in [1.165, 1.54) is 5.56 Å². The summed E-state index contributed by atoms with van der Waals surface area (Å²) in [5.74, 6) is -0.273. The number of hydrogen-bond donors (Lipinski definition) is 2. The number of carbonyl (C=O) groups is 3. The van der Waals surface area contributed by atoms with Gasteiger partial charge in [-0.15, -0.1) is 16.4 Å². The van der Waals surface area contributed by atoms with Crippen LogP contribution in [0.1, 0.15) is 58.4 Å². The van der Waals surface area contributed by atoms with E-state index in [0.717, 1.165) is 60.9 Å². The topological polar surface area (TPSA) is 137 Å². The van der Waals surface area contributed by atoms with Crippen LogP contribution in [0.3, 0.4) is 0 Å². The van der Waals surface area contributed by atoms with Gasteiger partial charge < -0.3 is 20.2 Å². The third-order valence-electron chi connectivity index (χ3n) is 9.97. The Balaban J connectivity index is 1.12. The second-order valence-electron chi connectivity index (χ2n) is 13.3. The minimum absolute atomic E-state index is 0.0985. The number of rotatable bonds is 6. The predicted molar refractivity (Wildman–Crippen MR) is 184 cm³/mol. The molecule has 2 fully saturated rings. The molecule has 13 heteroatoms. The maximum absolute atomic E-state index is 14.1. The SMILES string of the molecule is Cc1sc2nc1CC(=O)N(C1CCN(Cc3ccccc3)CC1)CC(=O)N[C@H](Cc1cn(-c3ccc(O)cc3)nn1)C(=O)N1CCC2CC1. The molecule has 4 aromatic rings. The summed E-state index contributed by atoms with van der Waals surface area (Å²) < 4.78 is 1.58. The fourth-order valence-corrected chi connectivity index (χ4v) is 8.29. The zero-order valence-corrected chi connectivity index (χ0v) is 28.5. The maximum atomic E-state index is 14.1. The lowest BCUT2D eigenvalue weighted by molar-refractivity contribution is -0.141. The molecule has 2 aromatic heterocycles. The van der Waals surface area contributed by atoms with E-state index in [1.54, 1.807) is 51.4 Å². The van der Waals surface area contributed by atoms with Gasteiger partial charge in [-0.3, -0.25) is 19.3 Å². The molecule has 256 valence electrons. The van der Waals surface area contributed by atoms with Crippen molar-refractivity contribution in [3.05, 3.63) is 87.6 Å². The summed E-state index contributed by atoms with van der Waals surface area (Å²) >= 11 is 1.65. The van der Waals surface area contributed by atoms with Crippen LogP contribution in [0.2, 0.25) is 0 Å². The molecule has 2 saturated heterocycles. The van der Waals surface area contributed by atoms with Crippen molar-refractivity contribution in [3.8, 4) is 11.4 Å². The van der Waals surface area contributed by atoms with Gasteiger partial charge in [-0.1, -0.05) is 35.5 Å². The normalized spacial score (nSPS) is 21.4. The van der Waals surface area contributed by atoms with Crippen LogP contribution in [0.5, 0.6) is 5.75 Å². The number of aromatic hydroxyl groups is 1. The quantitative estimate of drug-likeness (QED) is 0.317. The summed E-state index contributed by atoms with van der Waals surface area (Å²) in [7, 11) is 0. The van der Waals surface area contributed by atoms with Gasteiger partial charge >= 0.3 is 0 Å². The first-order valence-electron chi connectivity index (χ1n) is 17.1. The number of phenolic OH excluding ortho intramolecular Hbond substituents is 1. The summed E-state index contributed by atoms with van der Waals surface area (Å²) in [5, 5.41) is 22.2. The number of aryl methyl sites for hydroxylation is 1. The molecular weight excluding hydrogens is 641 g/mol. The number of likely N-dealkylation sites (tertiary alicyclic amines) is 1. The fourth-order valence-electron chi connectivity index (χ4n) is 7.18. The van der Waals surface area contributed by atoms with Crippen molar-refractivity contribution in [2.75, 3.05) is 32.7 Å². The van der Waals surface area contributed by atoms with E-state index in [2.05, 4.69) is 32.7 Å². The molecule has 3 amide bonds. The number of benzene rings is 2. The number of carbonyl (C=O) groups excluding carboxylic acids is 3. The molecule has 0 unspecified atom stereocenters. The van der Waals surface area contributed by atoms with E-state index in [9.17, 15) is 19.5 Å². The van der Waals surface area contributed by atoms with Crippen molar-refractivity contribution >= 4 is 29.1 Å². The molecule has 2 N–H and O–H groups in total.